The molecule has 0 saturated carbocycles. The molecule has 3 rings (SSSR count). The molecule has 1 aromatic heterocycles. The monoisotopic (exact) mass is 477 g/mol. The number of nitrogens with one attached hydrogen (secondary N) is 1. The highest BCUT2D eigenvalue weighted by molar-refractivity contribution is 8.00. The molecular formula is C23H26F3N5OS. The molecule has 33 heavy (non-hydrogen) atoms. The van der Waals surface area contributed by atoms with Gasteiger partial charge in [0.2, 0.25) is 5.91 Å². The van der Waals surface area contributed by atoms with Crippen LogP contribution in [-0.4, -0.2) is 44.9 Å². The van der Waals surface area contributed by atoms with Crippen LogP contribution < -0.4 is 5.32 Å². The van der Waals surface area contributed by atoms with E-state index in [9.17, 15) is 18.0 Å². The first-order valence-corrected chi connectivity index (χ1v) is 11.3. The van der Waals surface area contributed by atoms with Crippen molar-refractivity contribution in [1.29, 1.82) is 0 Å². The number of rotatable bonds is 9. The molecular weight excluding hydrogens is 451 g/mol. The van der Waals surface area contributed by atoms with E-state index < -0.39 is 34.3 Å². The maximum Gasteiger partial charge on any atom is 0.237 e. The van der Waals surface area contributed by atoms with Gasteiger partial charge in [0, 0.05) is 0 Å². The Hall–Kier alpha value is -2.85. The van der Waals surface area contributed by atoms with Crippen molar-refractivity contribution in [3.8, 4) is 0 Å². The third-order valence-electron chi connectivity index (χ3n) is 5.18. The Kier molecular flexibility index (Phi) is 8.15. The normalized spacial score (nSPS) is 13.2. The van der Waals surface area contributed by atoms with Gasteiger partial charge in [-0.1, -0.05) is 49.0 Å². The van der Waals surface area contributed by atoms with E-state index in [1.807, 2.05) is 49.0 Å². The number of hydrogen-bond donors (Lipinski definition) is 1. The third-order valence-corrected chi connectivity index (χ3v) is 6.26. The maximum absolute atomic E-state index is 14.0. The number of aromatic nitrogens is 3. The van der Waals surface area contributed by atoms with Crippen molar-refractivity contribution >= 4 is 23.4 Å². The first-order valence-electron chi connectivity index (χ1n) is 10.5. The lowest BCUT2D eigenvalue weighted by atomic mass is 10.2. The quantitative estimate of drug-likeness (QED) is 0.352. The highest BCUT2D eigenvalue weighted by atomic mass is 32.2. The van der Waals surface area contributed by atoms with E-state index in [0.717, 1.165) is 41.7 Å². The highest BCUT2D eigenvalue weighted by Gasteiger charge is 2.26. The maximum atomic E-state index is 14.0. The van der Waals surface area contributed by atoms with Crippen LogP contribution in [0.1, 0.15) is 37.7 Å². The molecule has 1 N–H and O–H groups in total. The Morgan fingerprint density at radius 2 is 1.79 bits per heavy atom. The molecule has 0 saturated heterocycles. The van der Waals surface area contributed by atoms with Crippen molar-refractivity contribution < 1.29 is 18.0 Å². The molecule has 0 aliphatic heterocycles. The number of anilines is 1. The van der Waals surface area contributed by atoms with Gasteiger partial charge in [-0.15, -0.1) is 10.2 Å². The molecule has 1 amide bonds. The lowest BCUT2D eigenvalue weighted by Crippen LogP contribution is -2.25. The second-order valence-corrected chi connectivity index (χ2v) is 9.08. The molecule has 0 unspecified atom stereocenters. The average molecular weight is 478 g/mol. The van der Waals surface area contributed by atoms with Gasteiger partial charge >= 0.3 is 0 Å². The van der Waals surface area contributed by atoms with E-state index in [2.05, 4.69) is 27.3 Å². The van der Waals surface area contributed by atoms with Crippen LogP contribution in [0.15, 0.2) is 47.6 Å². The van der Waals surface area contributed by atoms with Gasteiger partial charge in [-0.05, 0) is 45.1 Å². The number of halogens is 3. The van der Waals surface area contributed by atoms with Crippen molar-refractivity contribution in [1.82, 2.24) is 19.7 Å². The number of amides is 1. The van der Waals surface area contributed by atoms with Gasteiger partial charge in [0.05, 0.1) is 23.5 Å². The second-order valence-electron chi connectivity index (χ2n) is 7.77. The molecule has 2 atom stereocenters. The molecule has 0 aliphatic carbocycles. The zero-order valence-electron chi connectivity index (χ0n) is 18.8. The molecule has 3 aromatic rings. The molecule has 2 aromatic carbocycles. The van der Waals surface area contributed by atoms with Gasteiger partial charge < -0.3 is 9.88 Å². The lowest BCUT2D eigenvalue weighted by Gasteiger charge is -2.23. The van der Waals surface area contributed by atoms with Gasteiger partial charge in [-0.25, -0.2) is 13.2 Å². The van der Waals surface area contributed by atoms with Gasteiger partial charge in [0.25, 0.3) is 0 Å². The smallest absolute Gasteiger partial charge is 0.237 e. The van der Waals surface area contributed by atoms with E-state index in [1.165, 1.54) is 0 Å². The molecule has 1 heterocycles. The second kappa shape index (κ2) is 10.8. The molecule has 10 heteroatoms. The van der Waals surface area contributed by atoms with E-state index >= 15 is 0 Å². The van der Waals surface area contributed by atoms with E-state index in [-0.39, 0.29) is 6.04 Å². The Balaban J connectivity index is 1.85. The summed E-state index contributed by atoms with van der Waals surface area (Å²) in [6.07, 6.45) is 0.816. The largest absolute Gasteiger partial charge is 0.323 e. The van der Waals surface area contributed by atoms with Crippen molar-refractivity contribution in [2.45, 2.75) is 43.3 Å². The fraction of sp³-hybridized carbons (Fsp3) is 0.348. The SMILES string of the molecule is CC[C@@H](c1nnc(S[C@@H](C)C(=O)Nc2ccc(F)c(F)c2F)n1Cc1ccccc1)N(C)C. The first-order chi connectivity index (χ1) is 15.7. The molecule has 0 radical (unpaired) electrons. The predicted molar refractivity (Wildman–Crippen MR) is 123 cm³/mol. The fourth-order valence-corrected chi connectivity index (χ4v) is 4.25. The summed E-state index contributed by atoms with van der Waals surface area (Å²) < 4.78 is 42.6. The van der Waals surface area contributed by atoms with Crippen LogP contribution in [0.2, 0.25) is 0 Å². The molecule has 0 aliphatic rings. The minimum absolute atomic E-state index is 0.0241. The van der Waals surface area contributed by atoms with Crippen LogP contribution in [-0.2, 0) is 11.3 Å². The van der Waals surface area contributed by atoms with Crippen molar-refractivity contribution in [2.75, 3.05) is 19.4 Å². The number of carbonyl (C=O) groups is 1. The highest BCUT2D eigenvalue weighted by Crippen LogP contribution is 2.29. The summed E-state index contributed by atoms with van der Waals surface area (Å²) in [5.74, 6) is -4.18. The third kappa shape index (κ3) is 5.75. The molecule has 0 bridgehead atoms. The number of hydrogen-bond acceptors (Lipinski definition) is 5. The van der Waals surface area contributed by atoms with Crippen LogP contribution in [0.5, 0.6) is 0 Å². The Morgan fingerprint density at radius 3 is 2.42 bits per heavy atom. The van der Waals surface area contributed by atoms with Crippen LogP contribution in [0.25, 0.3) is 0 Å². The summed E-state index contributed by atoms with van der Waals surface area (Å²) in [4.78, 5) is 14.7. The van der Waals surface area contributed by atoms with Gasteiger partial charge in [-0.3, -0.25) is 9.69 Å². The Labute approximate surface area is 195 Å². The summed E-state index contributed by atoms with van der Waals surface area (Å²) in [5.41, 5.74) is 0.631. The zero-order valence-corrected chi connectivity index (χ0v) is 19.7. The number of carbonyl (C=O) groups excluding carboxylic acids is 1. The number of nitrogens with zero attached hydrogens (tertiary/aromatic N) is 4. The average Bonchev–Trinajstić information content (AvgIpc) is 3.16. The van der Waals surface area contributed by atoms with Crippen LogP contribution >= 0.6 is 11.8 Å². The molecule has 0 spiro atoms. The Morgan fingerprint density at radius 1 is 1.09 bits per heavy atom. The van der Waals surface area contributed by atoms with Gasteiger partial charge in [0.1, 0.15) is 0 Å². The minimum atomic E-state index is -1.63. The Bertz CT molecular complexity index is 1110. The van der Waals surface area contributed by atoms with E-state index in [1.54, 1.807) is 6.92 Å². The van der Waals surface area contributed by atoms with Gasteiger partial charge in [0.15, 0.2) is 28.4 Å². The number of thioether (sulfide) groups is 1. The van der Waals surface area contributed by atoms with Crippen LogP contribution in [0, 0.1) is 17.5 Å². The molecule has 6 nitrogen and oxygen atoms in total. The van der Waals surface area contributed by atoms with Crippen molar-refractivity contribution in [2.24, 2.45) is 0 Å². The number of benzene rings is 2. The van der Waals surface area contributed by atoms with Crippen molar-refractivity contribution in [3.63, 3.8) is 0 Å². The summed E-state index contributed by atoms with van der Waals surface area (Å²) >= 11 is 1.16. The van der Waals surface area contributed by atoms with Crippen molar-refractivity contribution in [3.05, 3.63) is 71.3 Å². The molecule has 176 valence electrons. The van der Waals surface area contributed by atoms with Crippen LogP contribution in [0.4, 0.5) is 18.9 Å². The molecule has 0 fully saturated rings. The first kappa shape index (κ1) is 24.8. The summed E-state index contributed by atoms with van der Waals surface area (Å²) in [7, 11) is 3.93. The summed E-state index contributed by atoms with van der Waals surface area (Å²) in [6, 6.07) is 11.6. The van der Waals surface area contributed by atoms with E-state index in [0.29, 0.717) is 11.7 Å². The van der Waals surface area contributed by atoms with E-state index in [4.69, 9.17) is 0 Å². The zero-order chi connectivity index (χ0) is 24.1. The topological polar surface area (TPSA) is 63.1 Å². The fourth-order valence-electron chi connectivity index (χ4n) is 3.40. The predicted octanol–water partition coefficient (Wildman–Crippen LogP) is 4.88. The lowest BCUT2D eigenvalue weighted by molar-refractivity contribution is -0.115. The van der Waals surface area contributed by atoms with Gasteiger partial charge in [-0.2, -0.15) is 0 Å². The minimum Gasteiger partial charge on any atom is -0.323 e. The summed E-state index contributed by atoms with van der Waals surface area (Å²) in [5, 5.41) is 10.9. The summed E-state index contributed by atoms with van der Waals surface area (Å²) in [6.45, 7) is 4.20. The van der Waals surface area contributed by atoms with Crippen LogP contribution in [0.3, 0.4) is 0 Å². The standard InChI is InChI=1S/C23H26F3N5OS/c1-5-18(30(3)4)21-28-29-23(31(21)13-15-9-7-6-8-10-15)33-14(2)22(32)27-17-12-11-16(24)19(25)20(17)26/h6-12,14,18H,5,13H2,1-4H3,(H,27,32)/t14-,18-/m0/s1.